The van der Waals surface area contributed by atoms with Gasteiger partial charge in [0.2, 0.25) is 0 Å². The summed E-state index contributed by atoms with van der Waals surface area (Å²) in [6.07, 6.45) is 17.3. The molecule has 0 amide bonds. The van der Waals surface area contributed by atoms with Crippen molar-refractivity contribution >= 4 is 11.8 Å². The Kier molecular flexibility index (Phi) is 8.27. The minimum absolute atomic E-state index is 0.00425. The van der Waals surface area contributed by atoms with Crippen LogP contribution >= 0.6 is 0 Å². The Morgan fingerprint density at radius 2 is 1.67 bits per heavy atom. The van der Waals surface area contributed by atoms with E-state index >= 15 is 0 Å². The normalized spacial score (nSPS) is 35.7. The van der Waals surface area contributed by atoms with E-state index in [9.17, 15) is 9.59 Å². The molecule has 0 bridgehead atoms. The number of hydrogen-bond donors (Lipinski definition) is 0. The Hall–Kier alpha value is -2.28. The summed E-state index contributed by atoms with van der Waals surface area (Å²) in [6.45, 7) is 8.50. The lowest BCUT2D eigenvalue weighted by Crippen LogP contribution is -2.55. The van der Waals surface area contributed by atoms with E-state index in [1.54, 1.807) is 43.6 Å². The Bertz CT molecular complexity index is 871. The predicted octanol–water partition coefficient (Wildman–Crippen LogP) is 4.42. The van der Waals surface area contributed by atoms with Gasteiger partial charge < -0.3 is 18.9 Å². The van der Waals surface area contributed by atoms with Crippen molar-refractivity contribution < 1.29 is 28.5 Å². The SMILES string of the molecule is COC1C(OC(=O)C=CC=CC=CC=CC(C)=O)CCC2(CO2)C1C1(C)OC1CC=C(C)C. The summed E-state index contributed by atoms with van der Waals surface area (Å²) in [5.41, 5.74) is 0.684. The Balaban J connectivity index is 1.59. The molecule has 3 aliphatic rings. The zero-order valence-electron chi connectivity index (χ0n) is 20.3. The summed E-state index contributed by atoms with van der Waals surface area (Å²) >= 11 is 0. The quantitative estimate of drug-likeness (QED) is 0.159. The largest absolute Gasteiger partial charge is 0.456 e. The van der Waals surface area contributed by atoms with Crippen molar-refractivity contribution in [2.75, 3.05) is 13.7 Å². The topological polar surface area (TPSA) is 77.7 Å². The summed E-state index contributed by atoms with van der Waals surface area (Å²) in [5.74, 6) is -0.397. The molecular weight excluding hydrogens is 420 g/mol. The predicted molar refractivity (Wildman–Crippen MR) is 127 cm³/mol. The Morgan fingerprint density at radius 1 is 1.03 bits per heavy atom. The number of ether oxygens (including phenoxy) is 4. The van der Waals surface area contributed by atoms with Gasteiger partial charge in [0, 0.05) is 13.2 Å². The van der Waals surface area contributed by atoms with E-state index in [2.05, 4.69) is 26.8 Å². The molecule has 0 N–H and O–H groups in total. The van der Waals surface area contributed by atoms with Crippen molar-refractivity contribution in [3.63, 3.8) is 0 Å². The number of methoxy groups -OCH3 is 1. The number of epoxide rings is 2. The molecule has 6 nitrogen and oxygen atoms in total. The van der Waals surface area contributed by atoms with Gasteiger partial charge in [-0.2, -0.15) is 0 Å². The van der Waals surface area contributed by atoms with Gasteiger partial charge in [-0.1, -0.05) is 48.1 Å². The van der Waals surface area contributed by atoms with E-state index in [1.807, 2.05) is 0 Å². The molecular formula is C27H36O6. The van der Waals surface area contributed by atoms with E-state index in [4.69, 9.17) is 18.9 Å². The van der Waals surface area contributed by atoms with Crippen molar-refractivity contribution in [2.45, 2.75) is 76.5 Å². The second kappa shape index (κ2) is 10.8. The van der Waals surface area contributed by atoms with Crippen LogP contribution in [0.4, 0.5) is 0 Å². The molecule has 2 saturated heterocycles. The molecule has 0 radical (unpaired) electrons. The minimum Gasteiger partial charge on any atom is -0.456 e. The molecule has 3 fully saturated rings. The zero-order chi connectivity index (χ0) is 24.1. The third-order valence-electron chi connectivity index (χ3n) is 6.62. The van der Waals surface area contributed by atoms with Crippen molar-refractivity contribution in [3.05, 3.63) is 60.3 Å². The lowest BCUT2D eigenvalue weighted by molar-refractivity contribution is -0.166. The van der Waals surface area contributed by atoms with Crippen LogP contribution in [-0.4, -0.2) is 55.0 Å². The van der Waals surface area contributed by atoms with Gasteiger partial charge >= 0.3 is 5.97 Å². The molecule has 2 heterocycles. The monoisotopic (exact) mass is 456 g/mol. The maximum atomic E-state index is 12.4. The molecule has 33 heavy (non-hydrogen) atoms. The highest BCUT2D eigenvalue weighted by atomic mass is 16.6. The minimum atomic E-state index is -0.401. The van der Waals surface area contributed by atoms with E-state index in [0.717, 1.165) is 12.8 Å². The summed E-state index contributed by atoms with van der Waals surface area (Å²) < 4.78 is 23.8. The highest BCUT2D eigenvalue weighted by Crippen LogP contribution is 2.59. The van der Waals surface area contributed by atoms with Crippen molar-refractivity contribution in [2.24, 2.45) is 5.92 Å². The van der Waals surface area contributed by atoms with Crippen LogP contribution in [-0.2, 0) is 28.5 Å². The maximum absolute atomic E-state index is 12.4. The van der Waals surface area contributed by atoms with E-state index in [1.165, 1.54) is 24.6 Å². The maximum Gasteiger partial charge on any atom is 0.331 e. The second-order valence-corrected chi connectivity index (χ2v) is 9.45. The molecule has 6 heteroatoms. The zero-order valence-corrected chi connectivity index (χ0v) is 20.3. The van der Waals surface area contributed by atoms with Crippen molar-refractivity contribution in [1.82, 2.24) is 0 Å². The molecule has 0 aromatic rings. The fourth-order valence-corrected chi connectivity index (χ4v) is 4.84. The Labute approximate surface area is 197 Å². The number of carbonyl (C=O) groups excluding carboxylic acids is 2. The highest BCUT2D eigenvalue weighted by Gasteiger charge is 2.72. The van der Waals surface area contributed by atoms with Gasteiger partial charge in [0.05, 0.1) is 18.6 Å². The van der Waals surface area contributed by atoms with Crippen LogP contribution in [0.15, 0.2) is 60.3 Å². The summed E-state index contributed by atoms with van der Waals surface area (Å²) in [4.78, 5) is 23.3. The first-order valence-electron chi connectivity index (χ1n) is 11.6. The molecule has 1 aliphatic carbocycles. The fraction of sp³-hybridized carbons (Fsp3) is 0.556. The van der Waals surface area contributed by atoms with Crippen LogP contribution in [0.5, 0.6) is 0 Å². The van der Waals surface area contributed by atoms with Gasteiger partial charge in [0.15, 0.2) is 5.78 Å². The number of rotatable bonds is 10. The van der Waals surface area contributed by atoms with Crippen LogP contribution in [0.3, 0.4) is 0 Å². The average Bonchev–Trinajstić information content (AvgIpc) is 3.67. The van der Waals surface area contributed by atoms with Gasteiger partial charge in [-0.3, -0.25) is 4.79 Å². The molecule has 180 valence electrons. The van der Waals surface area contributed by atoms with Gasteiger partial charge in [-0.15, -0.1) is 0 Å². The van der Waals surface area contributed by atoms with Gasteiger partial charge in [-0.05, 0) is 53.0 Å². The Morgan fingerprint density at radius 3 is 2.24 bits per heavy atom. The van der Waals surface area contributed by atoms with Crippen molar-refractivity contribution in [1.29, 1.82) is 0 Å². The lowest BCUT2D eigenvalue weighted by Gasteiger charge is -2.42. The van der Waals surface area contributed by atoms with Crippen LogP contribution in [0.2, 0.25) is 0 Å². The first-order valence-corrected chi connectivity index (χ1v) is 11.6. The highest BCUT2D eigenvalue weighted by molar-refractivity contribution is 5.87. The number of allylic oxidation sites excluding steroid dienone is 8. The second-order valence-electron chi connectivity index (χ2n) is 9.45. The van der Waals surface area contributed by atoms with E-state index in [-0.39, 0.29) is 41.2 Å². The molecule has 1 spiro atoms. The van der Waals surface area contributed by atoms with E-state index in [0.29, 0.717) is 13.0 Å². The third kappa shape index (κ3) is 6.40. The third-order valence-corrected chi connectivity index (χ3v) is 6.62. The van der Waals surface area contributed by atoms with Crippen LogP contribution in [0.25, 0.3) is 0 Å². The molecule has 0 aromatic heterocycles. The molecule has 3 rings (SSSR count). The first kappa shape index (κ1) is 25.3. The molecule has 1 saturated carbocycles. The van der Waals surface area contributed by atoms with Crippen LogP contribution in [0, 0.1) is 5.92 Å². The molecule has 6 unspecified atom stereocenters. The van der Waals surface area contributed by atoms with Crippen LogP contribution < -0.4 is 0 Å². The number of esters is 1. The summed E-state index contributed by atoms with van der Waals surface area (Å²) in [7, 11) is 1.67. The standard InChI is InChI=1S/C27H36O6/c1-19(2)14-15-22-26(4,33-22)25-24(30-5)21(16-17-27(25)18-31-27)32-23(29)13-11-9-7-6-8-10-12-20(3)28/h6-14,21-22,24-25H,15-18H2,1-5H3. The number of ketones is 1. The lowest BCUT2D eigenvalue weighted by atomic mass is 9.68. The number of hydrogen-bond acceptors (Lipinski definition) is 6. The summed E-state index contributed by atoms with van der Waals surface area (Å²) in [5, 5.41) is 0. The van der Waals surface area contributed by atoms with Crippen molar-refractivity contribution in [3.8, 4) is 0 Å². The molecule has 6 atom stereocenters. The fourth-order valence-electron chi connectivity index (χ4n) is 4.84. The van der Waals surface area contributed by atoms with Gasteiger partial charge in [0.1, 0.15) is 23.4 Å². The molecule has 2 aliphatic heterocycles. The average molecular weight is 457 g/mol. The number of carbonyl (C=O) groups is 2. The van der Waals surface area contributed by atoms with Gasteiger partial charge in [0.25, 0.3) is 0 Å². The summed E-state index contributed by atoms with van der Waals surface area (Å²) in [6, 6.07) is 0. The van der Waals surface area contributed by atoms with Crippen LogP contribution in [0.1, 0.15) is 47.0 Å². The van der Waals surface area contributed by atoms with E-state index < -0.39 is 5.97 Å². The smallest absolute Gasteiger partial charge is 0.331 e. The van der Waals surface area contributed by atoms with Gasteiger partial charge in [-0.25, -0.2) is 4.79 Å². The molecule has 0 aromatic carbocycles. The first-order chi connectivity index (χ1) is 15.7.